The predicted octanol–water partition coefficient (Wildman–Crippen LogP) is 2.61. The van der Waals surface area contributed by atoms with Gasteiger partial charge in [-0.1, -0.05) is 15.9 Å². The Balaban J connectivity index is 2.65. The minimum absolute atomic E-state index is 0.00428. The zero-order valence-electron chi connectivity index (χ0n) is 8.86. The first kappa shape index (κ1) is 13.5. The van der Waals surface area contributed by atoms with Crippen molar-refractivity contribution in [1.29, 1.82) is 0 Å². The molecule has 0 aliphatic rings. The van der Waals surface area contributed by atoms with Crippen molar-refractivity contribution in [2.75, 3.05) is 0 Å². The molecule has 11 heteroatoms. The van der Waals surface area contributed by atoms with E-state index in [1.165, 1.54) is 12.1 Å². The van der Waals surface area contributed by atoms with E-state index in [0.29, 0.717) is 4.47 Å². The van der Waals surface area contributed by atoms with E-state index in [4.69, 9.17) is 0 Å². The summed E-state index contributed by atoms with van der Waals surface area (Å²) in [5.74, 6) is -0.649. The van der Waals surface area contributed by atoms with E-state index in [1.54, 1.807) is 6.07 Å². The molecule has 98 valence electrons. The number of aromatic nitrogens is 3. The van der Waals surface area contributed by atoms with Crippen molar-refractivity contribution < 1.29 is 9.85 Å². The Hall–Kier alpha value is -1.88. The number of nitro groups is 2. The van der Waals surface area contributed by atoms with E-state index in [2.05, 4.69) is 41.9 Å². The Morgan fingerprint density at radius 3 is 2.37 bits per heavy atom. The summed E-state index contributed by atoms with van der Waals surface area (Å²) in [6, 6.07) is 4.24. The lowest BCUT2D eigenvalue weighted by atomic mass is 10.3. The van der Waals surface area contributed by atoms with Crippen LogP contribution in [-0.4, -0.2) is 24.6 Å². The maximum Gasteiger partial charge on any atom is 0.492 e. The molecule has 0 N–H and O–H groups in total. The van der Waals surface area contributed by atoms with E-state index in [-0.39, 0.29) is 16.1 Å². The van der Waals surface area contributed by atoms with Crippen LogP contribution in [0.15, 0.2) is 27.4 Å². The first-order valence-corrected chi connectivity index (χ1v) is 6.20. The van der Waals surface area contributed by atoms with E-state index < -0.39 is 15.8 Å². The number of halogens is 2. The summed E-state index contributed by atoms with van der Waals surface area (Å²) in [7, 11) is 0. The lowest BCUT2D eigenvalue weighted by molar-refractivity contribution is -0.394. The van der Waals surface area contributed by atoms with Crippen molar-refractivity contribution in [3.63, 3.8) is 0 Å². The van der Waals surface area contributed by atoms with Crippen molar-refractivity contribution in [2.45, 2.75) is 0 Å². The molecule has 1 aromatic carbocycles. The first-order valence-electron chi connectivity index (χ1n) is 4.61. The molecular formula is C8H3Br2N5O4. The highest BCUT2D eigenvalue weighted by molar-refractivity contribution is 9.10. The average molecular weight is 393 g/mol. The van der Waals surface area contributed by atoms with Crippen LogP contribution >= 0.6 is 31.9 Å². The second-order valence-corrected chi connectivity index (χ2v) is 4.86. The SMILES string of the molecule is O=[N+]([O-])c1nc(Br)n(-c2ccc(Br)cc2[N+](=O)[O-])n1. The smallest absolute Gasteiger partial charge is 0.390 e. The van der Waals surface area contributed by atoms with E-state index in [0.717, 1.165) is 4.68 Å². The second kappa shape index (κ2) is 5.01. The summed E-state index contributed by atoms with van der Waals surface area (Å²) < 4.78 is 1.50. The molecule has 0 unspecified atom stereocenters. The van der Waals surface area contributed by atoms with Crippen LogP contribution in [0.3, 0.4) is 0 Å². The number of nitrogens with zero attached hydrogens (tertiary/aromatic N) is 5. The summed E-state index contributed by atoms with van der Waals surface area (Å²) in [5, 5.41) is 25.1. The Bertz CT molecular complexity index is 686. The van der Waals surface area contributed by atoms with Crippen molar-refractivity contribution in [3.05, 3.63) is 47.6 Å². The van der Waals surface area contributed by atoms with Gasteiger partial charge in [0.15, 0.2) is 5.69 Å². The summed E-state index contributed by atoms with van der Waals surface area (Å²) in [5.41, 5.74) is -0.185. The molecule has 1 aromatic heterocycles. The Morgan fingerprint density at radius 2 is 1.84 bits per heavy atom. The quantitative estimate of drug-likeness (QED) is 0.585. The monoisotopic (exact) mass is 391 g/mol. The number of rotatable bonds is 3. The molecule has 0 radical (unpaired) electrons. The van der Waals surface area contributed by atoms with Gasteiger partial charge < -0.3 is 10.1 Å². The average Bonchev–Trinajstić information content (AvgIpc) is 2.71. The van der Waals surface area contributed by atoms with Gasteiger partial charge in [0.25, 0.3) is 10.4 Å². The summed E-state index contributed by atoms with van der Waals surface area (Å²) in [6.07, 6.45) is 0. The molecule has 2 aromatic rings. The van der Waals surface area contributed by atoms with Gasteiger partial charge in [-0.05, 0) is 22.0 Å². The van der Waals surface area contributed by atoms with Gasteiger partial charge in [0.1, 0.15) is 0 Å². The van der Waals surface area contributed by atoms with Crippen LogP contribution in [0.2, 0.25) is 0 Å². The first-order chi connectivity index (χ1) is 8.90. The van der Waals surface area contributed by atoms with E-state index >= 15 is 0 Å². The third-order valence-corrected chi connectivity index (χ3v) is 3.09. The normalized spacial score (nSPS) is 10.4. The van der Waals surface area contributed by atoms with Crippen LogP contribution in [0.1, 0.15) is 0 Å². The minimum Gasteiger partial charge on any atom is -0.390 e. The third-order valence-electron chi connectivity index (χ3n) is 2.08. The lowest BCUT2D eigenvalue weighted by Crippen LogP contribution is -2.02. The van der Waals surface area contributed by atoms with Crippen LogP contribution in [0.5, 0.6) is 0 Å². The van der Waals surface area contributed by atoms with Crippen molar-refractivity contribution in [1.82, 2.24) is 14.8 Å². The lowest BCUT2D eigenvalue weighted by Gasteiger charge is -2.00. The van der Waals surface area contributed by atoms with Crippen LogP contribution in [0, 0.1) is 20.2 Å². The maximum atomic E-state index is 11.0. The fourth-order valence-corrected chi connectivity index (χ4v) is 2.11. The number of benzene rings is 1. The van der Waals surface area contributed by atoms with Gasteiger partial charge in [0.05, 0.1) is 4.92 Å². The van der Waals surface area contributed by atoms with Crippen molar-refractivity contribution in [2.24, 2.45) is 0 Å². The molecule has 0 bridgehead atoms. The number of hydrogen-bond acceptors (Lipinski definition) is 6. The summed E-state index contributed by atoms with van der Waals surface area (Å²) >= 11 is 6.09. The Morgan fingerprint density at radius 1 is 1.16 bits per heavy atom. The molecule has 1 heterocycles. The van der Waals surface area contributed by atoms with Crippen LogP contribution < -0.4 is 0 Å². The topological polar surface area (TPSA) is 117 Å². The van der Waals surface area contributed by atoms with Gasteiger partial charge in [-0.2, -0.15) is 0 Å². The molecule has 0 atom stereocenters. The van der Waals surface area contributed by atoms with Gasteiger partial charge in [0, 0.05) is 31.6 Å². The summed E-state index contributed by atoms with van der Waals surface area (Å²) in [4.78, 5) is 23.7. The van der Waals surface area contributed by atoms with Gasteiger partial charge in [-0.3, -0.25) is 10.1 Å². The molecule has 19 heavy (non-hydrogen) atoms. The third kappa shape index (κ3) is 2.61. The van der Waals surface area contributed by atoms with Gasteiger partial charge in [-0.25, -0.2) is 0 Å². The van der Waals surface area contributed by atoms with Gasteiger partial charge in [0.2, 0.25) is 0 Å². The zero-order chi connectivity index (χ0) is 14.2. The fourth-order valence-electron chi connectivity index (χ4n) is 1.34. The van der Waals surface area contributed by atoms with Gasteiger partial charge in [-0.15, -0.1) is 4.68 Å². The molecule has 0 spiro atoms. The summed E-state index contributed by atoms with van der Waals surface area (Å²) in [6.45, 7) is 0. The fraction of sp³-hybridized carbons (Fsp3) is 0. The molecule has 0 aliphatic carbocycles. The Labute approximate surface area is 121 Å². The molecule has 2 rings (SSSR count). The van der Waals surface area contributed by atoms with Crippen LogP contribution in [0.4, 0.5) is 11.6 Å². The zero-order valence-corrected chi connectivity index (χ0v) is 12.0. The highest BCUT2D eigenvalue weighted by atomic mass is 79.9. The molecule has 0 aliphatic heterocycles. The van der Waals surface area contributed by atoms with Crippen molar-refractivity contribution in [3.8, 4) is 5.69 Å². The molecule has 9 nitrogen and oxygen atoms in total. The highest BCUT2D eigenvalue weighted by Crippen LogP contribution is 2.29. The Kier molecular flexibility index (Phi) is 3.57. The molecule has 0 saturated heterocycles. The number of hydrogen-bond donors (Lipinski definition) is 0. The largest absolute Gasteiger partial charge is 0.492 e. The van der Waals surface area contributed by atoms with E-state index in [9.17, 15) is 20.2 Å². The van der Waals surface area contributed by atoms with Crippen LogP contribution in [-0.2, 0) is 0 Å². The maximum absolute atomic E-state index is 11.0. The predicted molar refractivity (Wildman–Crippen MR) is 70.1 cm³/mol. The standard InChI is InChI=1S/C8H3Br2N5O4/c9-4-1-2-5(6(3-4)14(16)17)13-7(10)11-8(12-13)15(18)19/h1-3H. The van der Waals surface area contributed by atoms with Crippen molar-refractivity contribution >= 4 is 43.5 Å². The van der Waals surface area contributed by atoms with Gasteiger partial charge >= 0.3 is 5.95 Å². The second-order valence-electron chi connectivity index (χ2n) is 3.24. The molecule has 0 amide bonds. The highest BCUT2D eigenvalue weighted by Gasteiger charge is 2.26. The molecular weight excluding hydrogens is 390 g/mol. The van der Waals surface area contributed by atoms with E-state index in [1.807, 2.05) is 0 Å². The molecule has 0 saturated carbocycles. The molecule has 0 fully saturated rings. The van der Waals surface area contributed by atoms with Crippen LogP contribution in [0.25, 0.3) is 5.69 Å². The minimum atomic E-state index is -0.786. The number of nitro benzene ring substituents is 1.